The van der Waals surface area contributed by atoms with Gasteiger partial charge in [-0.05, 0) is 24.3 Å². The second-order valence-electron chi connectivity index (χ2n) is 3.65. The molecule has 0 heterocycles. The van der Waals surface area contributed by atoms with Crippen molar-refractivity contribution in [2.24, 2.45) is 5.16 Å². The van der Waals surface area contributed by atoms with Crippen molar-refractivity contribution in [1.29, 1.82) is 0 Å². The van der Waals surface area contributed by atoms with Crippen molar-refractivity contribution in [1.82, 2.24) is 0 Å². The summed E-state index contributed by atoms with van der Waals surface area (Å²) in [5.74, 6) is -0.309. The molecule has 0 aromatic heterocycles. The third kappa shape index (κ3) is 2.65. The molecule has 0 saturated heterocycles. The van der Waals surface area contributed by atoms with Crippen LogP contribution >= 0.6 is 15.9 Å². The summed E-state index contributed by atoms with van der Waals surface area (Å²) in [5, 5.41) is 12.1. The Hall–Kier alpha value is -1.94. The standard InChI is InChI=1S/C14H10BrNO2/c15-12-8-6-11(7-9-12)14(17)13(16-18)10-4-2-1-3-5-10/h1-9,18H/b16-13+. The smallest absolute Gasteiger partial charge is 0.215 e. The topological polar surface area (TPSA) is 49.7 Å². The number of benzene rings is 2. The van der Waals surface area contributed by atoms with Gasteiger partial charge in [-0.15, -0.1) is 0 Å². The van der Waals surface area contributed by atoms with E-state index < -0.39 is 0 Å². The van der Waals surface area contributed by atoms with Gasteiger partial charge in [0.05, 0.1) is 0 Å². The van der Waals surface area contributed by atoms with Crippen LogP contribution in [0.4, 0.5) is 0 Å². The van der Waals surface area contributed by atoms with Crippen LogP contribution in [0.3, 0.4) is 0 Å². The Kier molecular flexibility index (Phi) is 3.89. The van der Waals surface area contributed by atoms with E-state index in [1.807, 2.05) is 6.07 Å². The van der Waals surface area contributed by atoms with E-state index in [1.165, 1.54) is 0 Å². The van der Waals surface area contributed by atoms with Gasteiger partial charge in [-0.1, -0.05) is 51.4 Å². The van der Waals surface area contributed by atoms with Crippen molar-refractivity contribution in [3.05, 3.63) is 70.2 Å². The van der Waals surface area contributed by atoms with Gasteiger partial charge in [-0.25, -0.2) is 0 Å². The molecule has 90 valence electrons. The van der Waals surface area contributed by atoms with Crippen molar-refractivity contribution >= 4 is 27.4 Å². The molecule has 0 aliphatic heterocycles. The number of Topliss-reactive ketones (excluding diaryl/α,β-unsaturated/α-hetero) is 1. The maximum absolute atomic E-state index is 12.2. The fraction of sp³-hybridized carbons (Fsp3) is 0. The van der Waals surface area contributed by atoms with Gasteiger partial charge in [-0.2, -0.15) is 0 Å². The molecule has 0 aliphatic carbocycles. The number of hydrogen-bond acceptors (Lipinski definition) is 3. The molecule has 2 rings (SSSR count). The van der Waals surface area contributed by atoms with Crippen molar-refractivity contribution in [2.45, 2.75) is 0 Å². The lowest BCUT2D eigenvalue weighted by molar-refractivity contribution is 0.106. The summed E-state index contributed by atoms with van der Waals surface area (Å²) in [7, 11) is 0. The summed E-state index contributed by atoms with van der Waals surface area (Å²) < 4.78 is 0.890. The van der Waals surface area contributed by atoms with Crippen molar-refractivity contribution in [3.8, 4) is 0 Å². The van der Waals surface area contributed by atoms with Gasteiger partial charge in [0.25, 0.3) is 0 Å². The molecule has 0 atom stereocenters. The molecule has 1 N–H and O–H groups in total. The van der Waals surface area contributed by atoms with Crippen LogP contribution in [0.1, 0.15) is 15.9 Å². The average Bonchev–Trinajstić information content (AvgIpc) is 2.41. The van der Waals surface area contributed by atoms with Crippen LogP contribution in [0.15, 0.2) is 64.2 Å². The SMILES string of the molecule is O=C(/C(=N/O)c1ccccc1)c1ccc(Br)cc1. The molecule has 0 aliphatic rings. The van der Waals surface area contributed by atoms with Crippen LogP contribution in [-0.2, 0) is 0 Å². The highest BCUT2D eigenvalue weighted by atomic mass is 79.9. The largest absolute Gasteiger partial charge is 0.410 e. The second kappa shape index (κ2) is 5.60. The monoisotopic (exact) mass is 303 g/mol. The first-order valence-electron chi connectivity index (χ1n) is 5.30. The normalized spacial score (nSPS) is 11.3. The number of hydrogen-bond donors (Lipinski definition) is 1. The number of carbonyl (C=O) groups excluding carboxylic acids is 1. The zero-order chi connectivity index (χ0) is 13.0. The van der Waals surface area contributed by atoms with Gasteiger partial charge in [0.15, 0.2) is 5.71 Å². The summed E-state index contributed by atoms with van der Waals surface area (Å²) in [6.07, 6.45) is 0. The fourth-order valence-corrected chi connectivity index (χ4v) is 1.83. The number of ketones is 1. The van der Waals surface area contributed by atoms with E-state index in [2.05, 4.69) is 21.1 Å². The number of oxime groups is 1. The van der Waals surface area contributed by atoms with E-state index in [1.54, 1.807) is 48.5 Å². The predicted octanol–water partition coefficient (Wildman–Crippen LogP) is 3.51. The van der Waals surface area contributed by atoms with Crippen LogP contribution in [0.25, 0.3) is 0 Å². The van der Waals surface area contributed by atoms with E-state index in [0.29, 0.717) is 11.1 Å². The van der Waals surface area contributed by atoms with Gasteiger partial charge in [0.1, 0.15) is 0 Å². The molecular formula is C14H10BrNO2. The second-order valence-corrected chi connectivity index (χ2v) is 4.57. The van der Waals surface area contributed by atoms with Crippen LogP contribution < -0.4 is 0 Å². The molecule has 0 bridgehead atoms. The van der Waals surface area contributed by atoms with Crippen molar-refractivity contribution in [2.75, 3.05) is 0 Å². The number of rotatable bonds is 3. The minimum atomic E-state index is -0.309. The first-order chi connectivity index (χ1) is 8.72. The Morgan fingerprint density at radius 3 is 2.11 bits per heavy atom. The molecule has 18 heavy (non-hydrogen) atoms. The van der Waals surface area contributed by atoms with Gasteiger partial charge >= 0.3 is 0 Å². The van der Waals surface area contributed by atoms with Crippen LogP contribution in [0.5, 0.6) is 0 Å². The molecule has 0 spiro atoms. The number of carbonyl (C=O) groups is 1. The van der Waals surface area contributed by atoms with E-state index >= 15 is 0 Å². The highest BCUT2D eigenvalue weighted by molar-refractivity contribution is 9.10. The predicted molar refractivity (Wildman–Crippen MR) is 73.2 cm³/mol. The molecule has 0 amide bonds. The van der Waals surface area contributed by atoms with E-state index in [0.717, 1.165) is 4.47 Å². The Labute approximate surface area is 113 Å². The summed E-state index contributed by atoms with van der Waals surface area (Å²) >= 11 is 3.30. The summed E-state index contributed by atoms with van der Waals surface area (Å²) in [6.45, 7) is 0. The first kappa shape index (κ1) is 12.5. The molecule has 2 aromatic rings. The zero-order valence-corrected chi connectivity index (χ0v) is 11.0. The highest BCUT2D eigenvalue weighted by Gasteiger charge is 2.16. The maximum atomic E-state index is 12.2. The molecule has 0 radical (unpaired) electrons. The van der Waals surface area contributed by atoms with Gasteiger partial charge in [0, 0.05) is 15.6 Å². The van der Waals surface area contributed by atoms with Crippen LogP contribution in [0, 0.1) is 0 Å². The van der Waals surface area contributed by atoms with E-state index in [9.17, 15) is 4.79 Å². The summed E-state index contributed by atoms with van der Waals surface area (Å²) in [6, 6.07) is 15.8. The number of halogens is 1. The highest BCUT2D eigenvalue weighted by Crippen LogP contribution is 2.13. The molecule has 3 nitrogen and oxygen atoms in total. The van der Waals surface area contributed by atoms with Crippen molar-refractivity contribution in [3.63, 3.8) is 0 Å². The molecule has 4 heteroatoms. The van der Waals surface area contributed by atoms with Gasteiger partial charge in [0.2, 0.25) is 5.78 Å². The quantitative estimate of drug-likeness (QED) is 0.408. The molecule has 2 aromatic carbocycles. The Balaban J connectivity index is 2.35. The zero-order valence-electron chi connectivity index (χ0n) is 9.38. The Bertz CT molecular complexity index is 577. The Morgan fingerprint density at radius 2 is 1.56 bits per heavy atom. The average molecular weight is 304 g/mol. The third-order valence-electron chi connectivity index (χ3n) is 2.47. The van der Waals surface area contributed by atoms with Gasteiger partial charge in [-0.3, -0.25) is 4.79 Å². The summed E-state index contributed by atoms with van der Waals surface area (Å²) in [4.78, 5) is 12.2. The lowest BCUT2D eigenvalue weighted by Crippen LogP contribution is -2.15. The van der Waals surface area contributed by atoms with Gasteiger partial charge < -0.3 is 5.21 Å². The fourth-order valence-electron chi connectivity index (χ4n) is 1.57. The van der Waals surface area contributed by atoms with Crippen molar-refractivity contribution < 1.29 is 10.0 Å². The molecular weight excluding hydrogens is 294 g/mol. The van der Waals surface area contributed by atoms with Crippen LogP contribution in [-0.4, -0.2) is 16.7 Å². The minimum absolute atomic E-state index is 0.0397. The number of nitrogens with zero attached hydrogens (tertiary/aromatic N) is 1. The molecule has 0 fully saturated rings. The first-order valence-corrected chi connectivity index (χ1v) is 6.09. The summed E-state index contributed by atoms with van der Waals surface area (Å²) in [5.41, 5.74) is 1.11. The molecule has 0 unspecified atom stereocenters. The lowest BCUT2D eigenvalue weighted by atomic mass is 10.0. The van der Waals surface area contributed by atoms with E-state index in [4.69, 9.17) is 5.21 Å². The minimum Gasteiger partial charge on any atom is -0.410 e. The lowest BCUT2D eigenvalue weighted by Gasteiger charge is -2.04. The third-order valence-corrected chi connectivity index (χ3v) is 3.00. The maximum Gasteiger partial charge on any atom is 0.215 e. The Morgan fingerprint density at radius 1 is 0.944 bits per heavy atom. The van der Waals surface area contributed by atoms with Crippen LogP contribution in [0.2, 0.25) is 0 Å². The molecule has 0 saturated carbocycles. The van der Waals surface area contributed by atoms with E-state index in [-0.39, 0.29) is 11.5 Å².